The van der Waals surface area contributed by atoms with Gasteiger partial charge >= 0.3 is 0 Å². The Morgan fingerprint density at radius 2 is 2.19 bits per heavy atom. The van der Waals surface area contributed by atoms with Crippen molar-refractivity contribution in [2.24, 2.45) is 0 Å². The first-order valence-corrected chi connectivity index (χ1v) is 5.67. The highest BCUT2D eigenvalue weighted by Crippen LogP contribution is 2.34. The molecule has 1 N–H and O–H groups in total. The molecule has 0 saturated heterocycles. The van der Waals surface area contributed by atoms with E-state index in [2.05, 4.69) is 6.07 Å². The number of para-hydroxylation sites is 1. The minimum absolute atomic E-state index is 0.212. The molecule has 2 rings (SSSR count). The summed E-state index contributed by atoms with van der Waals surface area (Å²) in [6.07, 6.45) is 1.61. The maximum atomic E-state index is 8.87. The van der Waals surface area contributed by atoms with Gasteiger partial charge in [0.25, 0.3) is 0 Å². The molecule has 3 nitrogen and oxygen atoms in total. The first kappa shape index (κ1) is 11.4. The molecular weight excluding hydrogens is 204 g/mol. The molecule has 16 heavy (non-hydrogen) atoms. The zero-order valence-electron chi connectivity index (χ0n) is 9.82. The van der Waals surface area contributed by atoms with E-state index in [9.17, 15) is 0 Å². The van der Waals surface area contributed by atoms with Gasteiger partial charge in [0.15, 0.2) is 0 Å². The molecule has 0 unspecified atom stereocenters. The van der Waals surface area contributed by atoms with Gasteiger partial charge in [0.05, 0.1) is 6.61 Å². The van der Waals surface area contributed by atoms with Crippen LogP contribution in [0.4, 0.5) is 0 Å². The van der Waals surface area contributed by atoms with Crippen LogP contribution in [-0.4, -0.2) is 17.5 Å². The maximum absolute atomic E-state index is 8.87. The standard InChI is InChI=1S/C13H18O3/c1-13(2)15-9-11-6-3-5-10(7-4-8-14)12(11)16-13/h3,5-6,14H,4,7-9H2,1-2H3. The molecule has 1 heterocycles. The van der Waals surface area contributed by atoms with Crippen molar-refractivity contribution in [2.45, 2.75) is 39.1 Å². The van der Waals surface area contributed by atoms with E-state index >= 15 is 0 Å². The van der Waals surface area contributed by atoms with Crippen LogP contribution < -0.4 is 4.74 Å². The molecule has 0 spiro atoms. The van der Waals surface area contributed by atoms with E-state index in [1.165, 1.54) is 0 Å². The molecule has 0 atom stereocenters. The Morgan fingerprint density at radius 3 is 2.94 bits per heavy atom. The van der Waals surface area contributed by atoms with Gasteiger partial charge < -0.3 is 14.6 Å². The van der Waals surface area contributed by atoms with Crippen molar-refractivity contribution >= 4 is 0 Å². The van der Waals surface area contributed by atoms with E-state index in [0.717, 1.165) is 29.7 Å². The van der Waals surface area contributed by atoms with Gasteiger partial charge in [0.2, 0.25) is 5.79 Å². The van der Waals surface area contributed by atoms with E-state index in [0.29, 0.717) is 6.61 Å². The quantitative estimate of drug-likeness (QED) is 0.852. The second-order valence-corrected chi connectivity index (χ2v) is 4.52. The Morgan fingerprint density at radius 1 is 1.38 bits per heavy atom. The Balaban J connectivity index is 2.27. The molecular formula is C13H18O3. The fourth-order valence-corrected chi connectivity index (χ4v) is 1.88. The monoisotopic (exact) mass is 222 g/mol. The van der Waals surface area contributed by atoms with Gasteiger partial charge in [-0.1, -0.05) is 18.2 Å². The summed E-state index contributed by atoms with van der Waals surface area (Å²) in [7, 11) is 0. The molecule has 1 aliphatic heterocycles. The summed E-state index contributed by atoms with van der Waals surface area (Å²) in [6.45, 7) is 4.64. The van der Waals surface area contributed by atoms with E-state index in [4.69, 9.17) is 14.6 Å². The lowest BCUT2D eigenvalue weighted by Gasteiger charge is -2.33. The number of aliphatic hydroxyl groups excluding tert-OH is 1. The number of fused-ring (bicyclic) bond motifs is 1. The molecule has 0 amide bonds. The molecule has 3 heteroatoms. The highest BCUT2D eigenvalue weighted by atomic mass is 16.7. The summed E-state index contributed by atoms with van der Waals surface area (Å²) in [6, 6.07) is 6.08. The van der Waals surface area contributed by atoms with Crippen molar-refractivity contribution in [1.82, 2.24) is 0 Å². The van der Waals surface area contributed by atoms with Gasteiger partial charge in [-0.25, -0.2) is 0 Å². The number of rotatable bonds is 3. The lowest BCUT2D eigenvalue weighted by Crippen LogP contribution is -2.35. The van der Waals surface area contributed by atoms with Crippen LogP contribution in [0.5, 0.6) is 5.75 Å². The highest BCUT2D eigenvalue weighted by molar-refractivity contribution is 5.42. The summed E-state index contributed by atoms with van der Waals surface area (Å²) >= 11 is 0. The summed E-state index contributed by atoms with van der Waals surface area (Å²) in [4.78, 5) is 0. The van der Waals surface area contributed by atoms with Crippen LogP contribution in [0.1, 0.15) is 31.4 Å². The summed E-state index contributed by atoms with van der Waals surface area (Å²) < 4.78 is 11.4. The molecule has 0 saturated carbocycles. The van der Waals surface area contributed by atoms with Gasteiger partial charge in [0.1, 0.15) is 5.75 Å². The fraction of sp³-hybridized carbons (Fsp3) is 0.538. The fourth-order valence-electron chi connectivity index (χ4n) is 1.88. The van der Waals surface area contributed by atoms with Crippen LogP contribution in [0.3, 0.4) is 0 Å². The van der Waals surface area contributed by atoms with Crippen LogP contribution >= 0.6 is 0 Å². The number of aliphatic hydroxyl groups is 1. The van der Waals surface area contributed by atoms with E-state index in [1.54, 1.807) is 0 Å². The first-order valence-electron chi connectivity index (χ1n) is 5.67. The average molecular weight is 222 g/mol. The van der Waals surface area contributed by atoms with Crippen molar-refractivity contribution in [3.63, 3.8) is 0 Å². The molecule has 1 aromatic rings. The Hall–Kier alpha value is -1.06. The number of benzene rings is 1. The van der Waals surface area contributed by atoms with E-state index < -0.39 is 5.79 Å². The number of hydrogen-bond donors (Lipinski definition) is 1. The van der Waals surface area contributed by atoms with Gasteiger partial charge in [-0.2, -0.15) is 0 Å². The average Bonchev–Trinajstić information content (AvgIpc) is 2.25. The minimum Gasteiger partial charge on any atom is -0.462 e. The van der Waals surface area contributed by atoms with E-state index in [-0.39, 0.29) is 6.61 Å². The predicted molar refractivity (Wildman–Crippen MR) is 61.3 cm³/mol. The van der Waals surface area contributed by atoms with Gasteiger partial charge in [-0.15, -0.1) is 0 Å². The Bertz CT molecular complexity index is 371. The van der Waals surface area contributed by atoms with E-state index in [1.807, 2.05) is 26.0 Å². The number of aryl methyl sites for hydroxylation is 1. The molecule has 0 aliphatic carbocycles. The Labute approximate surface area is 96.0 Å². The lowest BCUT2D eigenvalue weighted by atomic mass is 10.0. The van der Waals surface area contributed by atoms with Crippen molar-refractivity contribution in [3.05, 3.63) is 29.3 Å². The molecule has 1 aromatic carbocycles. The van der Waals surface area contributed by atoms with Crippen molar-refractivity contribution < 1.29 is 14.6 Å². The third kappa shape index (κ3) is 2.36. The maximum Gasteiger partial charge on any atom is 0.205 e. The smallest absolute Gasteiger partial charge is 0.205 e. The van der Waals surface area contributed by atoms with Crippen LogP contribution in [-0.2, 0) is 17.8 Å². The molecule has 88 valence electrons. The third-order valence-corrected chi connectivity index (χ3v) is 2.71. The first-order chi connectivity index (χ1) is 7.62. The van der Waals surface area contributed by atoms with Crippen molar-refractivity contribution in [3.8, 4) is 5.75 Å². The van der Waals surface area contributed by atoms with Gasteiger partial charge in [0, 0.05) is 26.0 Å². The topological polar surface area (TPSA) is 38.7 Å². The van der Waals surface area contributed by atoms with Gasteiger partial charge in [-0.3, -0.25) is 0 Å². The molecule has 1 aliphatic rings. The normalized spacial score (nSPS) is 17.7. The molecule has 0 radical (unpaired) electrons. The number of hydrogen-bond acceptors (Lipinski definition) is 3. The zero-order chi connectivity index (χ0) is 11.6. The van der Waals surface area contributed by atoms with Crippen LogP contribution in [0.25, 0.3) is 0 Å². The summed E-state index contributed by atoms with van der Waals surface area (Å²) in [5.74, 6) is 0.384. The summed E-state index contributed by atoms with van der Waals surface area (Å²) in [5, 5.41) is 8.87. The zero-order valence-corrected chi connectivity index (χ0v) is 9.82. The van der Waals surface area contributed by atoms with Crippen molar-refractivity contribution in [1.29, 1.82) is 0 Å². The second kappa shape index (κ2) is 4.44. The van der Waals surface area contributed by atoms with Crippen LogP contribution in [0.15, 0.2) is 18.2 Å². The molecule has 0 fully saturated rings. The second-order valence-electron chi connectivity index (χ2n) is 4.52. The lowest BCUT2D eigenvalue weighted by molar-refractivity contribution is -0.180. The van der Waals surface area contributed by atoms with Gasteiger partial charge in [-0.05, 0) is 18.4 Å². The van der Waals surface area contributed by atoms with Crippen LogP contribution in [0.2, 0.25) is 0 Å². The Kier molecular flexibility index (Phi) is 3.17. The molecule has 0 bridgehead atoms. The molecule has 0 aromatic heterocycles. The third-order valence-electron chi connectivity index (χ3n) is 2.71. The SMILES string of the molecule is CC1(C)OCc2cccc(CCCO)c2O1. The minimum atomic E-state index is -0.553. The largest absolute Gasteiger partial charge is 0.462 e. The number of ether oxygens (including phenoxy) is 2. The van der Waals surface area contributed by atoms with Crippen LogP contribution in [0, 0.1) is 0 Å². The highest BCUT2D eigenvalue weighted by Gasteiger charge is 2.28. The predicted octanol–water partition coefficient (Wildman–Crippen LogP) is 2.26. The summed E-state index contributed by atoms with van der Waals surface area (Å²) in [5.41, 5.74) is 2.25. The van der Waals surface area contributed by atoms with Crippen molar-refractivity contribution in [2.75, 3.05) is 6.61 Å².